The van der Waals surface area contributed by atoms with E-state index in [4.69, 9.17) is 0 Å². The number of carbonyl (C=O) groups is 1. The van der Waals surface area contributed by atoms with Crippen LogP contribution in [0.4, 0.5) is 0 Å². The van der Waals surface area contributed by atoms with Crippen LogP contribution < -0.4 is 0 Å². The molecule has 0 aromatic heterocycles. The first-order valence-electron chi connectivity index (χ1n) is 7.17. The average Bonchev–Trinajstić information content (AvgIpc) is 2.89. The first kappa shape index (κ1) is 13.8. The van der Waals surface area contributed by atoms with Crippen LogP contribution in [-0.2, 0) is 24.2 Å². The van der Waals surface area contributed by atoms with Gasteiger partial charge in [-0.2, -0.15) is 0 Å². The zero-order chi connectivity index (χ0) is 14.9. The molecule has 0 bridgehead atoms. The van der Waals surface area contributed by atoms with Crippen LogP contribution in [-0.4, -0.2) is 28.6 Å². The van der Waals surface area contributed by atoms with E-state index < -0.39 is 11.5 Å². The number of benzene rings is 2. The predicted octanol–water partition coefficient (Wildman–Crippen LogP) is 2.74. The Morgan fingerprint density at radius 3 is 2.10 bits per heavy atom. The summed E-state index contributed by atoms with van der Waals surface area (Å²) in [6, 6.07) is 18.1. The van der Waals surface area contributed by atoms with Crippen LogP contribution in [0, 0.1) is 0 Å². The number of likely N-dealkylation sites (N-methyl/N-ethyl adjacent to an activating group) is 1. The van der Waals surface area contributed by atoms with Crippen LogP contribution in [0.5, 0.6) is 0 Å². The van der Waals surface area contributed by atoms with Crippen molar-refractivity contribution in [3.05, 3.63) is 71.3 Å². The minimum absolute atomic E-state index is 0.571. The number of nitrogens with zero attached hydrogens (tertiary/aromatic N) is 1. The van der Waals surface area contributed by atoms with E-state index in [9.17, 15) is 9.90 Å². The molecule has 0 saturated carbocycles. The van der Waals surface area contributed by atoms with Crippen LogP contribution >= 0.6 is 0 Å². The molecule has 0 aliphatic heterocycles. The SMILES string of the molecule is CN(Cc1ccccc1)C1(C(=O)O)Cc2ccccc2C1. The number of aliphatic carboxylic acids is 1. The predicted molar refractivity (Wildman–Crippen MR) is 82.1 cm³/mol. The van der Waals surface area contributed by atoms with E-state index in [2.05, 4.69) is 0 Å². The van der Waals surface area contributed by atoms with Gasteiger partial charge >= 0.3 is 5.97 Å². The summed E-state index contributed by atoms with van der Waals surface area (Å²) in [5.41, 5.74) is 2.61. The highest BCUT2D eigenvalue weighted by Gasteiger charge is 2.47. The van der Waals surface area contributed by atoms with Gasteiger partial charge in [0.1, 0.15) is 5.54 Å². The molecule has 108 valence electrons. The van der Waals surface area contributed by atoms with Crippen molar-refractivity contribution in [3.8, 4) is 0 Å². The normalized spacial score (nSPS) is 15.9. The van der Waals surface area contributed by atoms with E-state index >= 15 is 0 Å². The van der Waals surface area contributed by atoms with E-state index in [1.807, 2.05) is 66.5 Å². The molecule has 3 nitrogen and oxygen atoms in total. The van der Waals surface area contributed by atoms with Gasteiger partial charge in [0.15, 0.2) is 0 Å². The smallest absolute Gasteiger partial charge is 0.324 e. The molecule has 2 aromatic rings. The van der Waals surface area contributed by atoms with Gasteiger partial charge in [0.25, 0.3) is 0 Å². The molecule has 0 fully saturated rings. The lowest BCUT2D eigenvalue weighted by Gasteiger charge is -2.35. The van der Waals surface area contributed by atoms with E-state index in [-0.39, 0.29) is 0 Å². The number of hydrogen-bond acceptors (Lipinski definition) is 2. The summed E-state index contributed by atoms with van der Waals surface area (Å²) in [6.45, 7) is 0.640. The van der Waals surface area contributed by atoms with Crippen LogP contribution in [0.2, 0.25) is 0 Å². The Kier molecular flexibility index (Phi) is 3.52. The highest BCUT2D eigenvalue weighted by molar-refractivity contribution is 5.81. The fraction of sp³-hybridized carbons (Fsp3) is 0.278. The van der Waals surface area contributed by atoms with Crippen LogP contribution in [0.25, 0.3) is 0 Å². The van der Waals surface area contributed by atoms with E-state index in [1.54, 1.807) is 0 Å². The summed E-state index contributed by atoms with van der Waals surface area (Å²) < 4.78 is 0. The molecule has 0 atom stereocenters. The quantitative estimate of drug-likeness (QED) is 0.937. The van der Waals surface area contributed by atoms with Crippen molar-refractivity contribution in [2.75, 3.05) is 7.05 Å². The molecule has 0 saturated heterocycles. The molecular formula is C18H19NO2. The van der Waals surface area contributed by atoms with Gasteiger partial charge in [-0.05, 0) is 23.7 Å². The standard InChI is InChI=1S/C18H19NO2/c1-19(13-14-7-3-2-4-8-14)18(17(20)21)11-15-9-5-6-10-16(15)12-18/h2-10H,11-13H2,1H3,(H,20,21). The third-order valence-electron chi connectivity index (χ3n) is 4.48. The van der Waals surface area contributed by atoms with Gasteiger partial charge in [0, 0.05) is 19.4 Å². The second-order valence-electron chi connectivity index (χ2n) is 5.80. The van der Waals surface area contributed by atoms with Crippen molar-refractivity contribution in [1.29, 1.82) is 0 Å². The summed E-state index contributed by atoms with van der Waals surface area (Å²) >= 11 is 0. The summed E-state index contributed by atoms with van der Waals surface area (Å²) in [5.74, 6) is -0.739. The molecule has 1 aliphatic rings. The maximum absolute atomic E-state index is 12.0. The van der Waals surface area contributed by atoms with Crippen LogP contribution in [0.15, 0.2) is 54.6 Å². The number of carboxylic acid groups (broad SMARTS) is 1. The molecule has 2 aromatic carbocycles. The van der Waals surface area contributed by atoms with Crippen molar-refractivity contribution in [2.24, 2.45) is 0 Å². The Labute approximate surface area is 124 Å². The lowest BCUT2D eigenvalue weighted by molar-refractivity contribution is -0.150. The van der Waals surface area contributed by atoms with E-state index in [0.717, 1.165) is 16.7 Å². The first-order chi connectivity index (χ1) is 10.1. The molecule has 1 aliphatic carbocycles. The minimum atomic E-state index is -0.834. The zero-order valence-electron chi connectivity index (χ0n) is 12.1. The molecule has 0 spiro atoms. The minimum Gasteiger partial charge on any atom is -0.480 e. The summed E-state index contributed by atoms with van der Waals surface area (Å²) in [5, 5.41) is 9.84. The lowest BCUT2D eigenvalue weighted by atomic mass is 9.93. The van der Waals surface area contributed by atoms with Gasteiger partial charge in [0.2, 0.25) is 0 Å². The number of rotatable bonds is 4. The van der Waals surface area contributed by atoms with Crippen molar-refractivity contribution < 1.29 is 9.90 Å². The third-order valence-corrected chi connectivity index (χ3v) is 4.48. The number of hydrogen-bond donors (Lipinski definition) is 1. The maximum atomic E-state index is 12.0. The Morgan fingerprint density at radius 2 is 1.57 bits per heavy atom. The molecule has 0 unspecified atom stereocenters. The van der Waals surface area contributed by atoms with Gasteiger partial charge < -0.3 is 5.11 Å². The second-order valence-corrected chi connectivity index (χ2v) is 5.80. The number of carboxylic acids is 1. The van der Waals surface area contributed by atoms with E-state index in [0.29, 0.717) is 19.4 Å². The van der Waals surface area contributed by atoms with Crippen LogP contribution in [0.1, 0.15) is 16.7 Å². The second kappa shape index (κ2) is 5.34. The van der Waals surface area contributed by atoms with Crippen molar-refractivity contribution in [3.63, 3.8) is 0 Å². The molecule has 0 amide bonds. The molecule has 0 radical (unpaired) electrons. The first-order valence-corrected chi connectivity index (χ1v) is 7.17. The topological polar surface area (TPSA) is 40.5 Å². The Hall–Kier alpha value is -2.13. The Bertz CT molecular complexity index is 626. The lowest BCUT2D eigenvalue weighted by Crippen LogP contribution is -2.53. The summed E-state index contributed by atoms with van der Waals surface area (Å²) in [4.78, 5) is 14.0. The molecule has 1 N–H and O–H groups in total. The van der Waals surface area contributed by atoms with Gasteiger partial charge in [-0.3, -0.25) is 9.69 Å². The monoisotopic (exact) mass is 281 g/mol. The fourth-order valence-corrected chi connectivity index (χ4v) is 3.19. The molecule has 3 rings (SSSR count). The van der Waals surface area contributed by atoms with Gasteiger partial charge in [0.05, 0.1) is 0 Å². The van der Waals surface area contributed by atoms with Crippen LogP contribution in [0.3, 0.4) is 0 Å². The highest BCUT2D eigenvalue weighted by atomic mass is 16.4. The zero-order valence-corrected chi connectivity index (χ0v) is 12.1. The molecule has 21 heavy (non-hydrogen) atoms. The third kappa shape index (κ3) is 2.45. The van der Waals surface area contributed by atoms with Crippen molar-refractivity contribution in [2.45, 2.75) is 24.9 Å². The Balaban J connectivity index is 1.88. The fourth-order valence-electron chi connectivity index (χ4n) is 3.19. The van der Waals surface area contributed by atoms with Crippen molar-refractivity contribution >= 4 is 5.97 Å². The van der Waals surface area contributed by atoms with Crippen molar-refractivity contribution in [1.82, 2.24) is 4.90 Å². The maximum Gasteiger partial charge on any atom is 0.324 e. The van der Waals surface area contributed by atoms with E-state index in [1.165, 1.54) is 0 Å². The summed E-state index contributed by atoms with van der Waals surface area (Å²) in [7, 11) is 1.91. The van der Waals surface area contributed by atoms with Gasteiger partial charge in [-0.1, -0.05) is 54.6 Å². The van der Waals surface area contributed by atoms with Gasteiger partial charge in [-0.15, -0.1) is 0 Å². The molecule has 0 heterocycles. The van der Waals surface area contributed by atoms with Gasteiger partial charge in [-0.25, -0.2) is 0 Å². The summed E-state index contributed by atoms with van der Waals surface area (Å²) in [6.07, 6.45) is 1.14. The number of fused-ring (bicyclic) bond motifs is 1. The molecular weight excluding hydrogens is 262 g/mol. The average molecular weight is 281 g/mol. The Morgan fingerprint density at radius 1 is 1.05 bits per heavy atom. The largest absolute Gasteiger partial charge is 0.480 e. The highest BCUT2D eigenvalue weighted by Crippen LogP contribution is 2.35. The molecule has 3 heteroatoms.